The Morgan fingerprint density at radius 1 is 1.26 bits per heavy atom. The molecule has 0 aliphatic heterocycles. The molecular weight excluding hydrogens is 236 g/mol. The van der Waals surface area contributed by atoms with Crippen molar-refractivity contribution < 1.29 is 9.90 Å². The van der Waals surface area contributed by atoms with E-state index < -0.39 is 12.0 Å². The molecule has 0 aliphatic carbocycles. The molecule has 1 aromatic rings. The normalized spacial score (nSPS) is 13.2. The fraction of sp³-hybridized carbons (Fsp3) is 0.471. The quantitative estimate of drug-likeness (QED) is 0.482. The van der Waals surface area contributed by atoms with E-state index in [1.165, 1.54) is 0 Å². The zero-order valence-electron chi connectivity index (χ0n) is 11.7. The Balaban J connectivity index is 2.52. The van der Waals surface area contributed by atoms with Crippen molar-refractivity contribution in [1.82, 2.24) is 0 Å². The van der Waals surface area contributed by atoms with E-state index in [4.69, 9.17) is 0 Å². The summed E-state index contributed by atoms with van der Waals surface area (Å²) < 4.78 is 0. The molecule has 102 valence electrons. The molecule has 1 N–H and O–H groups in total. The van der Waals surface area contributed by atoms with E-state index >= 15 is 0 Å². The lowest BCUT2D eigenvalue weighted by atomic mass is 9.94. The topological polar surface area (TPSA) is 37.3 Å². The molecule has 0 spiro atoms. The monoisotopic (exact) mass is 258 g/mol. The van der Waals surface area contributed by atoms with E-state index in [1.54, 1.807) is 19.1 Å². The summed E-state index contributed by atoms with van der Waals surface area (Å²) in [6, 6.07) is 9.04. The minimum Gasteiger partial charge on any atom is -0.380 e. The Hall–Kier alpha value is -1.59. The summed E-state index contributed by atoms with van der Waals surface area (Å²) in [5.41, 5.74) is 0.627. The molecule has 0 radical (unpaired) electrons. The van der Waals surface area contributed by atoms with Crippen LogP contribution in [0.3, 0.4) is 0 Å². The van der Waals surface area contributed by atoms with E-state index in [9.17, 15) is 9.90 Å². The summed E-state index contributed by atoms with van der Waals surface area (Å²) in [5.74, 6) is 5.19. The highest BCUT2D eigenvalue weighted by atomic mass is 16.3. The lowest BCUT2D eigenvalue weighted by Crippen LogP contribution is -2.24. The van der Waals surface area contributed by atoms with Gasteiger partial charge in [0.05, 0.1) is 5.92 Å². The van der Waals surface area contributed by atoms with Crippen molar-refractivity contribution in [2.45, 2.75) is 45.6 Å². The van der Waals surface area contributed by atoms with Gasteiger partial charge in [-0.2, -0.15) is 0 Å². The average Bonchev–Trinajstić information content (AvgIpc) is 2.46. The molecule has 0 bridgehead atoms. The molecule has 0 heterocycles. The zero-order valence-corrected chi connectivity index (χ0v) is 11.7. The van der Waals surface area contributed by atoms with E-state index in [0.717, 1.165) is 25.7 Å². The summed E-state index contributed by atoms with van der Waals surface area (Å²) in [4.78, 5) is 12.1. The van der Waals surface area contributed by atoms with Crippen molar-refractivity contribution in [2.75, 3.05) is 0 Å². The van der Waals surface area contributed by atoms with Gasteiger partial charge >= 0.3 is 0 Å². The van der Waals surface area contributed by atoms with Gasteiger partial charge in [-0.05, 0) is 6.42 Å². The van der Waals surface area contributed by atoms with Crippen LogP contribution in [0.4, 0.5) is 0 Å². The summed E-state index contributed by atoms with van der Waals surface area (Å²) >= 11 is 0. The van der Waals surface area contributed by atoms with Gasteiger partial charge in [-0.25, -0.2) is 0 Å². The summed E-state index contributed by atoms with van der Waals surface area (Å²) in [5, 5.41) is 9.91. The first kappa shape index (κ1) is 15.5. The lowest BCUT2D eigenvalue weighted by molar-refractivity contribution is 0.0817. The van der Waals surface area contributed by atoms with E-state index in [-0.39, 0.29) is 5.78 Å². The van der Waals surface area contributed by atoms with Gasteiger partial charge in [0.2, 0.25) is 0 Å². The molecule has 0 fully saturated rings. The third-order valence-electron chi connectivity index (χ3n) is 3.10. The number of hydrogen-bond acceptors (Lipinski definition) is 2. The van der Waals surface area contributed by atoms with Gasteiger partial charge in [0.25, 0.3) is 0 Å². The van der Waals surface area contributed by atoms with Gasteiger partial charge in [0.15, 0.2) is 5.78 Å². The molecule has 19 heavy (non-hydrogen) atoms. The van der Waals surface area contributed by atoms with E-state index in [1.807, 2.05) is 18.2 Å². The van der Waals surface area contributed by atoms with Crippen LogP contribution in [0.25, 0.3) is 0 Å². The molecule has 0 amide bonds. The summed E-state index contributed by atoms with van der Waals surface area (Å²) in [6.07, 6.45) is 3.28. The van der Waals surface area contributed by atoms with Crippen LogP contribution in [-0.4, -0.2) is 17.0 Å². The lowest BCUT2D eigenvalue weighted by Gasteiger charge is -2.12. The smallest absolute Gasteiger partial charge is 0.169 e. The Kier molecular flexibility index (Phi) is 6.92. The highest BCUT2D eigenvalue weighted by molar-refractivity contribution is 5.98. The second-order valence-corrected chi connectivity index (χ2v) is 4.74. The van der Waals surface area contributed by atoms with Crippen molar-refractivity contribution >= 4 is 5.78 Å². The fourth-order valence-corrected chi connectivity index (χ4v) is 1.77. The summed E-state index contributed by atoms with van der Waals surface area (Å²) in [6.45, 7) is 3.86. The third-order valence-corrected chi connectivity index (χ3v) is 3.10. The first-order chi connectivity index (χ1) is 9.16. The third kappa shape index (κ3) is 5.28. The van der Waals surface area contributed by atoms with Crippen LogP contribution in [0.15, 0.2) is 30.3 Å². The predicted octanol–water partition coefficient (Wildman–Crippen LogP) is 3.45. The highest BCUT2D eigenvalue weighted by Gasteiger charge is 2.21. The standard InChI is InChI=1S/C17H22O2/c1-3-4-5-6-10-13-16(18)14(2)17(19)15-11-8-7-9-12-15/h7-9,11-12,14,16,18H,3-6H2,1-2H3/t14-,16+/m0/s1. The van der Waals surface area contributed by atoms with Crippen molar-refractivity contribution in [1.29, 1.82) is 0 Å². The van der Waals surface area contributed by atoms with Crippen LogP contribution >= 0.6 is 0 Å². The Morgan fingerprint density at radius 2 is 1.95 bits per heavy atom. The van der Waals surface area contributed by atoms with Crippen LogP contribution in [0.5, 0.6) is 0 Å². The number of unbranched alkanes of at least 4 members (excludes halogenated alkanes) is 3. The Bertz CT molecular complexity index is 439. The van der Waals surface area contributed by atoms with Crippen LogP contribution in [0, 0.1) is 17.8 Å². The molecular formula is C17H22O2. The molecule has 0 saturated carbocycles. The van der Waals surface area contributed by atoms with Gasteiger partial charge in [0, 0.05) is 12.0 Å². The van der Waals surface area contributed by atoms with E-state index in [2.05, 4.69) is 18.8 Å². The van der Waals surface area contributed by atoms with E-state index in [0.29, 0.717) is 5.56 Å². The van der Waals surface area contributed by atoms with Crippen molar-refractivity contribution in [2.24, 2.45) is 5.92 Å². The molecule has 1 rings (SSSR count). The number of carbonyl (C=O) groups excluding carboxylic acids is 1. The second-order valence-electron chi connectivity index (χ2n) is 4.74. The number of aliphatic hydroxyl groups excluding tert-OH is 1. The maximum absolute atomic E-state index is 12.1. The molecule has 2 atom stereocenters. The largest absolute Gasteiger partial charge is 0.380 e. The number of carbonyl (C=O) groups is 1. The summed E-state index contributed by atoms with van der Waals surface area (Å²) in [7, 11) is 0. The van der Waals surface area contributed by atoms with Gasteiger partial charge in [-0.3, -0.25) is 4.79 Å². The number of aliphatic hydroxyl groups is 1. The Morgan fingerprint density at radius 3 is 2.58 bits per heavy atom. The minimum atomic E-state index is -0.880. The SMILES string of the molecule is CCCCCC#C[C@@H](O)[C@H](C)C(=O)c1ccccc1. The van der Waals surface area contributed by atoms with Gasteiger partial charge in [-0.1, -0.05) is 62.9 Å². The van der Waals surface area contributed by atoms with Crippen LogP contribution in [0.1, 0.15) is 49.9 Å². The number of hydrogen-bond donors (Lipinski definition) is 1. The number of rotatable bonds is 6. The first-order valence-electron chi connectivity index (χ1n) is 6.92. The maximum atomic E-state index is 12.1. The minimum absolute atomic E-state index is 0.0593. The van der Waals surface area contributed by atoms with Crippen molar-refractivity contribution in [3.63, 3.8) is 0 Å². The van der Waals surface area contributed by atoms with Gasteiger partial charge in [0.1, 0.15) is 6.10 Å². The van der Waals surface area contributed by atoms with Crippen LogP contribution < -0.4 is 0 Å². The predicted molar refractivity (Wildman–Crippen MR) is 77.9 cm³/mol. The molecule has 1 aromatic carbocycles. The number of benzene rings is 1. The molecule has 0 aromatic heterocycles. The molecule has 0 aliphatic rings. The highest BCUT2D eigenvalue weighted by Crippen LogP contribution is 2.12. The van der Waals surface area contributed by atoms with Gasteiger partial charge in [-0.15, -0.1) is 5.92 Å². The van der Waals surface area contributed by atoms with Crippen LogP contribution in [-0.2, 0) is 0 Å². The zero-order chi connectivity index (χ0) is 14.1. The van der Waals surface area contributed by atoms with Crippen molar-refractivity contribution in [3.05, 3.63) is 35.9 Å². The molecule has 0 saturated heterocycles. The number of ketones is 1. The second kappa shape index (κ2) is 8.50. The van der Waals surface area contributed by atoms with Crippen molar-refractivity contribution in [3.8, 4) is 11.8 Å². The first-order valence-corrected chi connectivity index (χ1v) is 6.92. The fourth-order valence-electron chi connectivity index (χ4n) is 1.77. The molecule has 2 heteroatoms. The average molecular weight is 258 g/mol. The maximum Gasteiger partial charge on any atom is 0.169 e. The van der Waals surface area contributed by atoms with Gasteiger partial charge < -0.3 is 5.11 Å². The molecule has 0 unspecified atom stereocenters. The Labute approximate surface area is 115 Å². The molecule has 2 nitrogen and oxygen atoms in total. The van der Waals surface area contributed by atoms with Crippen LogP contribution in [0.2, 0.25) is 0 Å². The number of Topliss-reactive ketones (excluding diaryl/α,β-unsaturated/α-hetero) is 1.